The molecule has 1 aliphatic rings. The van der Waals surface area contributed by atoms with Crippen LogP contribution in [0.25, 0.3) is 0 Å². The van der Waals surface area contributed by atoms with Crippen LogP contribution in [-0.2, 0) is 22.9 Å². The number of nitrogens with one attached hydrogen (secondary N) is 1. The smallest absolute Gasteiger partial charge is 0.212 e. The maximum absolute atomic E-state index is 11.9. The second-order valence-corrected chi connectivity index (χ2v) is 8.13. The third-order valence-electron chi connectivity index (χ3n) is 3.36. The zero-order valence-corrected chi connectivity index (χ0v) is 13.2. The van der Waals surface area contributed by atoms with Crippen molar-refractivity contribution >= 4 is 21.4 Å². The van der Waals surface area contributed by atoms with Crippen molar-refractivity contribution in [3.8, 4) is 0 Å². The van der Waals surface area contributed by atoms with Crippen molar-refractivity contribution in [2.45, 2.75) is 58.4 Å². The average Bonchev–Trinajstić information content (AvgIpc) is 2.80. The first kappa shape index (κ1) is 14.9. The molecule has 0 amide bonds. The quantitative estimate of drug-likeness (QED) is 0.879. The number of nitrogens with zero attached hydrogens (tertiary/aromatic N) is 1. The molecule has 1 N–H and O–H groups in total. The van der Waals surface area contributed by atoms with Crippen LogP contribution in [0.15, 0.2) is 0 Å². The third-order valence-corrected chi connectivity index (χ3v) is 6.23. The van der Waals surface area contributed by atoms with E-state index in [2.05, 4.69) is 9.71 Å². The van der Waals surface area contributed by atoms with Gasteiger partial charge in [-0.15, -0.1) is 11.3 Å². The van der Waals surface area contributed by atoms with E-state index < -0.39 is 10.0 Å². The summed E-state index contributed by atoms with van der Waals surface area (Å²) in [5, 5.41) is 0.909. The Morgan fingerprint density at radius 1 is 1.37 bits per heavy atom. The average molecular weight is 302 g/mol. The van der Waals surface area contributed by atoms with Gasteiger partial charge in [0.2, 0.25) is 10.0 Å². The number of hydrogen-bond donors (Lipinski definition) is 1. The Bertz CT molecular complexity index is 499. The highest BCUT2D eigenvalue weighted by atomic mass is 32.2. The van der Waals surface area contributed by atoms with Crippen molar-refractivity contribution in [2.75, 3.05) is 5.75 Å². The van der Waals surface area contributed by atoms with Gasteiger partial charge in [0.1, 0.15) is 5.01 Å². The molecule has 0 saturated carbocycles. The molecule has 0 radical (unpaired) electrons. The van der Waals surface area contributed by atoms with Crippen LogP contribution < -0.4 is 4.72 Å². The molecule has 1 aromatic heterocycles. The molecule has 0 saturated heterocycles. The van der Waals surface area contributed by atoms with E-state index in [1.165, 1.54) is 23.4 Å². The number of hydrogen-bond acceptors (Lipinski definition) is 4. The van der Waals surface area contributed by atoms with Crippen LogP contribution in [-0.4, -0.2) is 19.2 Å². The molecule has 19 heavy (non-hydrogen) atoms. The highest BCUT2D eigenvalue weighted by molar-refractivity contribution is 7.89. The molecule has 1 heterocycles. The summed E-state index contributed by atoms with van der Waals surface area (Å²) in [7, 11) is -3.18. The van der Waals surface area contributed by atoms with Crippen molar-refractivity contribution in [1.82, 2.24) is 9.71 Å². The molecule has 0 fully saturated rings. The minimum atomic E-state index is -3.18. The predicted octanol–water partition coefficient (Wildman–Crippen LogP) is 2.80. The summed E-state index contributed by atoms with van der Waals surface area (Å²) in [5.41, 5.74) is 1.19. The molecule has 4 nitrogen and oxygen atoms in total. The van der Waals surface area contributed by atoms with Crippen LogP contribution in [0.4, 0.5) is 0 Å². The van der Waals surface area contributed by atoms with E-state index in [1.54, 1.807) is 11.3 Å². The van der Waals surface area contributed by atoms with Gasteiger partial charge in [0.25, 0.3) is 0 Å². The minimum absolute atomic E-state index is 0.207. The van der Waals surface area contributed by atoms with Gasteiger partial charge in [-0.3, -0.25) is 0 Å². The van der Waals surface area contributed by atoms with Crippen LogP contribution in [0, 0.1) is 0 Å². The van der Waals surface area contributed by atoms with E-state index in [1.807, 2.05) is 13.8 Å². The number of sulfonamides is 1. The van der Waals surface area contributed by atoms with Gasteiger partial charge < -0.3 is 0 Å². The van der Waals surface area contributed by atoms with Crippen LogP contribution >= 0.6 is 11.3 Å². The van der Waals surface area contributed by atoms with Crippen molar-refractivity contribution in [1.29, 1.82) is 0 Å². The Balaban J connectivity index is 2.03. The largest absolute Gasteiger partial charge is 0.244 e. The summed E-state index contributed by atoms with van der Waals surface area (Å²) in [6.45, 7) is 3.88. The zero-order valence-electron chi connectivity index (χ0n) is 11.6. The molecule has 0 aromatic carbocycles. The first-order chi connectivity index (χ1) is 9.02. The first-order valence-electron chi connectivity index (χ1n) is 7.00. The molecule has 2 rings (SSSR count). The molecule has 0 unspecified atom stereocenters. The molecule has 0 spiro atoms. The number of aromatic nitrogens is 1. The minimum Gasteiger partial charge on any atom is -0.244 e. The van der Waals surface area contributed by atoms with Gasteiger partial charge in [-0.1, -0.05) is 13.3 Å². The van der Waals surface area contributed by atoms with Crippen LogP contribution in [0.3, 0.4) is 0 Å². The lowest BCUT2D eigenvalue weighted by molar-refractivity contribution is 0.562. The molecular weight excluding hydrogens is 280 g/mol. The van der Waals surface area contributed by atoms with E-state index in [0.717, 1.165) is 24.3 Å². The lowest BCUT2D eigenvalue weighted by Crippen LogP contribution is -2.29. The van der Waals surface area contributed by atoms with Crippen molar-refractivity contribution in [3.05, 3.63) is 15.6 Å². The van der Waals surface area contributed by atoms with Gasteiger partial charge >= 0.3 is 0 Å². The van der Waals surface area contributed by atoms with Gasteiger partial charge in [0, 0.05) is 4.88 Å². The van der Waals surface area contributed by atoms with Crippen LogP contribution in [0.5, 0.6) is 0 Å². The Morgan fingerprint density at radius 2 is 2.11 bits per heavy atom. The van der Waals surface area contributed by atoms with Gasteiger partial charge in [-0.05, 0) is 39.0 Å². The second-order valence-electron chi connectivity index (χ2n) is 5.14. The fraction of sp³-hybridized carbons (Fsp3) is 0.769. The summed E-state index contributed by atoms with van der Waals surface area (Å²) in [4.78, 5) is 5.95. The highest BCUT2D eigenvalue weighted by Gasteiger charge is 2.21. The lowest BCUT2D eigenvalue weighted by atomic mass is 10.0. The Kier molecular flexibility index (Phi) is 4.97. The molecule has 1 atom stereocenters. The zero-order chi connectivity index (χ0) is 13.9. The summed E-state index contributed by atoms with van der Waals surface area (Å²) in [5.74, 6) is 0.207. The van der Waals surface area contributed by atoms with Gasteiger partial charge in [-0.2, -0.15) is 0 Å². The maximum Gasteiger partial charge on any atom is 0.212 e. The molecule has 0 bridgehead atoms. The topological polar surface area (TPSA) is 59.1 Å². The Hall–Kier alpha value is -0.460. The van der Waals surface area contributed by atoms with E-state index in [4.69, 9.17) is 0 Å². The van der Waals surface area contributed by atoms with Crippen LogP contribution in [0.1, 0.15) is 61.2 Å². The molecule has 0 aliphatic heterocycles. The molecule has 108 valence electrons. The summed E-state index contributed by atoms with van der Waals surface area (Å²) >= 11 is 1.67. The predicted molar refractivity (Wildman–Crippen MR) is 79.0 cm³/mol. The molecule has 1 aliphatic carbocycles. The Morgan fingerprint density at radius 3 is 2.79 bits per heavy atom. The van der Waals surface area contributed by atoms with Crippen molar-refractivity contribution < 1.29 is 8.42 Å². The fourth-order valence-electron chi connectivity index (χ4n) is 2.27. The SMILES string of the molecule is CCCCS(=O)(=O)N[C@H](C)c1nc2c(s1)CCCC2. The normalized spacial score (nSPS) is 17.2. The monoisotopic (exact) mass is 302 g/mol. The molecule has 6 heteroatoms. The van der Waals surface area contributed by atoms with Gasteiger partial charge in [0.05, 0.1) is 17.5 Å². The fourth-order valence-corrected chi connectivity index (χ4v) is 4.94. The number of rotatable bonds is 6. The number of thiazole rings is 1. The van der Waals surface area contributed by atoms with E-state index in [-0.39, 0.29) is 11.8 Å². The maximum atomic E-state index is 11.9. The number of fused-ring (bicyclic) bond motifs is 1. The second kappa shape index (κ2) is 6.33. The third kappa shape index (κ3) is 4.00. The highest BCUT2D eigenvalue weighted by Crippen LogP contribution is 2.29. The van der Waals surface area contributed by atoms with Crippen molar-refractivity contribution in [3.63, 3.8) is 0 Å². The first-order valence-corrected chi connectivity index (χ1v) is 9.47. The van der Waals surface area contributed by atoms with Gasteiger partial charge in [0.15, 0.2) is 0 Å². The van der Waals surface area contributed by atoms with E-state index in [0.29, 0.717) is 6.42 Å². The summed E-state index contributed by atoms with van der Waals surface area (Å²) in [6, 6.07) is -0.211. The standard InChI is InChI=1S/C13H22N2O2S2/c1-3-4-9-19(16,17)15-10(2)13-14-11-7-5-6-8-12(11)18-13/h10,15H,3-9H2,1-2H3/t10-/m1/s1. The Labute approximate surface area is 119 Å². The number of aryl methyl sites for hydroxylation is 2. The summed E-state index contributed by atoms with van der Waals surface area (Å²) in [6.07, 6.45) is 6.17. The summed E-state index contributed by atoms with van der Waals surface area (Å²) < 4.78 is 26.5. The molecular formula is C13H22N2O2S2. The van der Waals surface area contributed by atoms with E-state index in [9.17, 15) is 8.42 Å². The number of unbranched alkanes of at least 4 members (excludes halogenated alkanes) is 1. The van der Waals surface area contributed by atoms with Gasteiger partial charge in [-0.25, -0.2) is 18.1 Å². The van der Waals surface area contributed by atoms with Crippen LogP contribution in [0.2, 0.25) is 0 Å². The van der Waals surface area contributed by atoms with Crippen molar-refractivity contribution in [2.24, 2.45) is 0 Å². The lowest BCUT2D eigenvalue weighted by Gasteiger charge is -2.11. The molecule has 1 aromatic rings. The van der Waals surface area contributed by atoms with E-state index >= 15 is 0 Å².